The van der Waals surface area contributed by atoms with E-state index < -0.39 is 11.7 Å². The zero-order chi connectivity index (χ0) is 8.06. The third-order valence-electron chi connectivity index (χ3n) is 2.29. The van der Waals surface area contributed by atoms with Gasteiger partial charge in [0.05, 0.1) is 0 Å². The van der Waals surface area contributed by atoms with E-state index >= 15 is 0 Å². The van der Waals surface area contributed by atoms with E-state index in [1.165, 1.54) is 12.2 Å². The fourth-order valence-corrected chi connectivity index (χ4v) is 1.29. The van der Waals surface area contributed by atoms with Crippen molar-refractivity contribution < 1.29 is 8.78 Å². The lowest BCUT2D eigenvalue weighted by atomic mass is 10.1. The Morgan fingerprint density at radius 2 is 2.09 bits per heavy atom. The Kier molecular flexibility index (Phi) is 1.12. The maximum Gasteiger partial charge on any atom is 0.158 e. The van der Waals surface area contributed by atoms with Crippen LogP contribution in [0.4, 0.5) is 8.78 Å². The second-order valence-electron chi connectivity index (χ2n) is 3.29. The van der Waals surface area contributed by atoms with Gasteiger partial charge in [-0.25, -0.2) is 8.78 Å². The van der Waals surface area contributed by atoms with Gasteiger partial charge >= 0.3 is 0 Å². The van der Waals surface area contributed by atoms with E-state index in [0.29, 0.717) is 0 Å². The number of allylic oxidation sites excluding steroid dienone is 6. The minimum atomic E-state index is -0.758. The van der Waals surface area contributed by atoms with Crippen LogP contribution in [0.1, 0.15) is 13.3 Å². The van der Waals surface area contributed by atoms with Gasteiger partial charge in [-0.05, 0) is 18.6 Å². The Balaban J connectivity index is 2.46. The average molecular weight is 154 g/mol. The molecule has 0 amide bonds. The van der Waals surface area contributed by atoms with E-state index in [9.17, 15) is 8.78 Å². The van der Waals surface area contributed by atoms with Crippen LogP contribution in [0.5, 0.6) is 0 Å². The van der Waals surface area contributed by atoms with Crippen LogP contribution < -0.4 is 0 Å². The quantitative estimate of drug-likeness (QED) is 0.503. The molecular formula is C9H8F2. The number of fused-ring (bicyclic) bond motifs is 1. The SMILES string of the molecule is CC12C=CC(F)=C(F)C=C1C2. The van der Waals surface area contributed by atoms with Crippen molar-refractivity contribution in [2.24, 2.45) is 5.41 Å². The molecule has 2 aliphatic rings. The van der Waals surface area contributed by atoms with Crippen LogP contribution >= 0.6 is 0 Å². The first-order valence-electron chi connectivity index (χ1n) is 3.57. The van der Waals surface area contributed by atoms with Gasteiger partial charge in [0.15, 0.2) is 11.7 Å². The van der Waals surface area contributed by atoms with Gasteiger partial charge in [0.2, 0.25) is 0 Å². The van der Waals surface area contributed by atoms with Crippen LogP contribution in [0.15, 0.2) is 35.5 Å². The fourth-order valence-electron chi connectivity index (χ4n) is 1.29. The molecule has 0 saturated heterocycles. The summed E-state index contributed by atoms with van der Waals surface area (Å²) >= 11 is 0. The van der Waals surface area contributed by atoms with Gasteiger partial charge in [-0.3, -0.25) is 0 Å². The highest BCUT2D eigenvalue weighted by Crippen LogP contribution is 2.54. The summed E-state index contributed by atoms with van der Waals surface area (Å²) < 4.78 is 25.2. The molecule has 11 heavy (non-hydrogen) atoms. The molecule has 1 saturated carbocycles. The van der Waals surface area contributed by atoms with E-state index in [0.717, 1.165) is 12.0 Å². The summed E-state index contributed by atoms with van der Waals surface area (Å²) in [5.74, 6) is -1.50. The Morgan fingerprint density at radius 1 is 1.36 bits per heavy atom. The Morgan fingerprint density at radius 3 is 2.82 bits per heavy atom. The van der Waals surface area contributed by atoms with Crippen molar-refractivity contribution >= 4 is 0 Å². The van der Waals surface area contributed by atoms with Crippen LogP contribution in [0.25, 0.3) is 0 Å². The van der Waals surface area contributed by atoms with Gasteiger partial charge in [0, 0.05) is 5.41 Å². The van der Waals surface area contributed by atoms with Gasteiger partial charge in [-0.15, -0.1) is 0 Å². The molecule has 0 aliphatic heterocycles. The van der Waals surface area contributed by atoms with Crippen molar-refractivity contribution in [3.8, 4) is 0 Å². The zero-order valence-electron chi connectivity index (χ0n) is 6.20. The van der Waals surface area contributed by atoms with E-state index in [4.69, 9.17) is 0 Å². The largest absolute Gasteiger partial charge is 0.204 e. The van der Waals surface area contributed by atoms with Gasteiger partial charge in [-0.2, -0.15) is 0 Å². The first-order valence-corrected chi connectivity index (χ1v) is 3.57. The molecule has 0 nitrogen and oxygen atoms in total. The fraction of sp³-hybridized carbons (Fsp3) is 0.333. The highest BCUT2D eigenvalue weighted by Gasteiger charge is 2.42. The molecule has 0 aromatic carbocycles. The molecule has 1 unspecified atom stereocenters. The van der Waals surface area contributed by atoms with E-state index in [1.54, 1.807) is 6.08 Å². The Bertz CT molecular complexity index is 297. The number of hydrogen-bond donors (Lipinski definition) is 0. The third kappa shape index (κ3) is 0.934. The van der Waals surface area contributed by atoms with Crippen molar-refractivity contribution in [3.05, 3.63) is 35.5 Å². The van der Waals surface area contributed by atoms with Crippen LogP contribution in [0.2, 0.25) is 0 Å². The van der Waals surface area contributed by atoms with Gasteiger partial charge in [0.25, 0.3) is 0 Å². The second-order valence-corrected chi connectivity index (χ2v) is 3.29. The van der Waals surface area contributed by atoms with Crippen LogP contribution in [0.3, 0.4) is 0 Å². The molecule has 0 bridgehead atoms. The maximum absolute atomic E-state index is 12.7. The van der Waals surface area contributed by atoms with Crippen molar-refractivity contribution in [1.29, 1.82) is 0 Å². The van der Waals surface area contributed by atoms with Crippen molar-refractivity contribution in [2.75, 3.05) is 0 Å². The second kappa shape index (κ2) is 1.81. The van der Waals surface area contributed by atoms with E-state index in [2.05, 4.69) is 0 Å². The molecule has 2 heteroatoms. The van der Waals surface area contributed by atoms with Crippen LogP contribution in [0, 0.1) is 5.41 Å². The minimum absolute atomic E-state index is 0.0504. The predicted octanol–water partition coefficient (Wildman–Crippen LogP) is 3.04. The summed E-state index contributed by atoms with van der Waals surface area (Å²) in [6.45, 7) is 1.97. The molecule has 0 spiro atoms. The molecule has 0 aromatic rings. The molecule has 0 N–H and O–H groups in total. The zero-order valence-corrected chi connectivity index (χ0v) is 6.20. The Labute approximate surface area is 63.9 Å². The first-order chi connectivity index (χ1) is 5.12. The summed E-state index contributed by atoms with van der Waals surface area (Å²) in [6.07, 6.45) is 5.10. The summed E-state index contributed by atoms with van der Waals surface area (Å²) in [5, 5.41) is 0. The summed E-state index contributed by atoms with van der Waals surface area (Å²) in [7, 11) is 0. The summed E-state index contributed by atoms with van der Waals surface area (Å²) in [4.78, 5) is 0. The molecule has 58 valence electrons. The topological polar surface area (TPSA) is 0 Å². The van der Waals surface area contributed by atoms with Gasteiger partial charge in [-0.1, -0.05) is 18.6 Å². The third-order valence-corrected chi connectivity index (χ3v) is 2.29. The van der Waals surface area contributed by atoms with Crippen LogP contribution in [-0.2, 0) is 0 Å². The standard InChI is InChI=1S/C9H8F2/c1-9-3-2-7(10)8(11)4-6(9)5-9/h2-4H,5H2,1H3. The first kappa shape index (κ1) is 6.77. The van der Waals surface area contributed by atoms with Gasteiger partial charge in [0.1, 0.15) is 0 Å². The van der Waals surface area contributed by atoms with Gasteiger partial charge < -0.3 is 0 Å². The lowest BCUT2D eigenvalue weighted by Crippen LogP contribution is -1.83. The summed E-state index contributed by atoms with van der Waals surface area (Å²) in [6, 6.07) is 0. The lowest BCUT2D eigenvalue weighted by Gasteiger charge is -1.93. The number of rotatable bonds is 0. The van der Waals surface area contributed by atoms with Crippen molar-refractivity contribution in [1.82, 2.24) is 0 Å². The molecule has 0 radical (unpaired) electrons. The smallest absolute Gasteiger partial charge is 0.158 e. The molecule has 1 fully saturated rings. The van der Waals surface area contributed by atoms with E-state index in [1.807, 2.05) is 6.92 Å². The molecule has 0 heterocycles. The molecule has 2 aliphatic carbocycles. The molecule has 2 rings (SSSR count). The highest BCUT2D eigenvalue weighted by atomic mass is 19.2. The molecule has 0 aromatic heterocycles. The maximum atomic E-state index is 12.7. The molecule has 1 atom stereocenters. The lowest BCUT2D eigenvalue weighted by molar-refractivity contribution is 0.573. The number of halogens is 2. The minimum Gasteiger partial charge on any atom is -0.204 e. The Hall–Kier alpha value is -0.920. The molecular weight excluding hydrogens is 146 g/mol. The van der Waals surface area contributed by atoms with Crippen molar-refractivity contribution in [2.45, 2.75) is 13.3 Å². The summed E-state index contributed by atoms with van der Waals surface area (Å²) in [5.41, 5.74) is 0.935. The van der Waals surface area contributed by atoms with Crippen LogP contribution in [-0.4, -0.2) is 0 Å². The monoisotopic (exact) mass is 154 g/mol. The highest BCUT2D eigenvalue weighted by molar-refractivity contribution is 5.46. The van der Waals surface area contributed by atoms with Crippen molar-refractivity contribution in [3.63, 3.8) is 0 Å². The number of hydrogen-bond acceptors (Lipinski definition) is 0. The average Bonchev–Trinajstić information content (AvgIpc) is 2.57. The normalized spacial score (nSPS) is 34.6. The van der Waals surface area contributed by atoms with E-state index in [-0.39, 0.29) is 5.41 Å². The predicted molar refractivity (Wildman–Crippen MR) is 39.2 cm³/mol.